The summed E-state index contributed by atoms with van der Waals surface area (Å²) in [5.41, 5.74) is 4.73. The van der Waals surface area contributed by atoms with Gasteiger partial charge in [0.15, 0.2) is 0 Å². The fourth-order valence-corrected chi connectivity index (χ4v) is 2.88. The van der Waals surface area contributed by atoms with Crippen LogP contribution in [0, 0.1) is 11.8 Å². The summed E-state index contributed by atoms with van der Waals surface area (Å²) in [5, 5.41) is 8.40. The maximum absolute atomic E-state index is 9.00. The van der Waals surface area contributed by atoms with E-state index in [2.05, 4.69) is 18.4 Å². The number of methoxy groups -OCH3 is 1. The summed E-state index contributed by atoms with van der Waals surface area (Å²) in [7, 11) is 1.68. The van der Waals surface area contributed by atoms with E-state index >= 15 is 0 Å². The van der Waals surface area contributed by atoms with Crippen molar-refractivity contribution >= 4 is 35.2 Å². The molecule has 138 valence electrons. The Hall–Kier alpha value is -2.51. The van der Waals surface area contributed by atoms with Gasteiger partial charge in [-0.3, -0.25) is 4.79 Å². The van der Waals surface area contributed by atoms with Crippen molar-refractivity contribution in [1.29, 1.82) is 0 Å². The van der Waals surface area contributed by atoms with Gasteiger partial charge in [-0.25, -0.2) is 0 Å². The number of benzene rings is 2. The molecule has 2 aromatic rings. The van der Waals surface area contributed by atoms with Crippen molar-refractivity contribution in [1.82, 2.24) is 0 Å². The maximum atomic E-state index is 9.00. The number of rotatable bonds is 1. The lowest BCUT2D eigenvalue weighted by atomic mass is 9.90. The molecule has 27 heavy (non-hydrogen) atoms. The van der Waals surface area contributed by atoms with Crippen LogP contribution in [0.5, 0.6) is 0 Å². The second-order valence-electron chi connectivity index (χ2n) is 5.74. The first kappa shape index (κ1) is 20.8. The van der Waals surface area contributed by atoms with Crippen LogP contribution in [0.15, 0.2) is 54.6 Å². The summed E-state index contributed by atoms with van der Waals surface area (Å²) in [5.74, 6) is 5.38. The largest absolute Gasteiger partial charge is 0.481 e. The van der Waals surface area contributed by atoms with E-state index in [4.69, 9.17) is 37.8 Å². The van der Waals surface area contributed by atoms with E-state index in [0.29, 0.717) is 15.6 Å². The van der Waals surface area contributed by atoms with Gasteiger partial charge in [0.05, 0.1) is 10.0 Å². The zero-order chi connectivity index (χ0) is 20.0. The van der Waals surface area contributed by atoms with E-state index in [1.54, 1.807) is 13.2 Å². The van der Waals surface area contributed by atoms with Crippen LogP contribution >= 0.6 is 23.2 Å². The highest BCUT2D eigenvalue weighted by Crippen LogP contribution is 2.33. The lowest BCUT2D eigenvalue weighted by Gasteiger charge is -2.22. The minimum absolute atomic E-state index is 0.133. The van der Waals surface area contributed by atoms with E-state index < -0.39 is 5.97 Å². The van der Waals surface area contributed by atoms with E-state index in [1.165, 1.54) is 0 Å². The predicted octanol–water partition coefficient (Wildman–Crippen LogP) is 5.75. The van der Waals surface area contributed by atoms with Gasteiger partial charge in [0.2, 0.25) is 0 Å². The zero-order valence-electron chi connectivity index (χ0n) is 14.9. The second kappa shape index (κ2) is 9.43. The molecule has 3 nitrogen and oxygen atoms in total. The average molecular weight is 401 g/mol. The Morgan fingerprint density at radius 2 is 1.89 bits per heavy atom. The highest BCUT2D eigenvalue weighted by Gasteiger charge is 2.19. The normalized spacial score (nSPS) is 14.4. The Morgan fingerprint density at radius 3 is 2.56 bits per heavy atom. The lowest BCUT2D eigenvalue weighted by Crippen LogP contribution is -2.08. The van der Waals surface area contributed by atoms with E-state index in [0.717, 1.165) is 29.2 Å². The smallest absolute Gasteiger partial charge is 0.300 e. The molecule has 1 N–H and O–H groups in total. The lowest BCUT2D eigenvalue weighted by molar-refractivity contribution is -0.134. The number of halogens is 2. The van der Waals surface area contributed by atoms with Gasteiger partial charge in [-0.1, -0.05) is 65.9 Å². The Balaban J connectivity index is 0.000000596. The van der Waals surface area contributed by atoms with Gasteiger partial charge in [-0.15, -0.1) is 0 Å². The van der Waals surface area contributed by atoms with Crippen LogP contribution in [0.1, 0.15) is 35.3 Å². The van der Waals surface area contributed by atoms with Gasteiger partial charge in [-0.05, 0) is 41.0 Å². The van der Waals surface area contributed by atoms with Gasteiger partial charge in [0, 0.05) is 25.2 Å². The first-order valence-electron chi connectivity index (χ1n) is 8.02. The van der Waals surface area contributed by atoms with Crippen LogP contribution in [0.25, 0.3) is 6.08 Å². The molecule has 1 aliphatic carbocycles. The predicted molar refractivity (Wildman–Crippen MR) is 110 cm³/mol. The summed E-state index contributed by atoms with van der Waals surface area (Å²) in [6.45, 7) is 5.11. The molecule has 0 spiro atoms. The fraction of sp³-hybridized carbons (Fsp3) is 0.136. The number of carboxylic acids is 1. The summed E-state index contributed by atoms with van der Waals surface area (Å²) in [4.78, 5) is 9.00. The molecule has 0 radical (unpaired) electrons. The van der Waals surface area contributed by atoms with Crippen molar-refractivity contribution in [2.75, 3.05) is 7.11 Å². The highest BCUT2D eigenvalue weighted by atomic mass is 35.5. The molecule has 2 aromatic carbocycles. The number of carboxylic acid groups (broad SMARTS) is 1. The standard InChI is InChI=1S/C20H14Cl2O.C2H4O2/c1-13-6-9-15-10-7-14(12-17(15)20(13)23-2)8-11-16-4-3-5-18(21)19(16)22;1-2(3)4/h3-7,9-10,12,20H,1H2,2H3;1H3,(H,3,4). The Bertz CT molecular complexity index is 961. The highest BCUT2D eigenvalue weighted by molar-refractivity contribution is 6.42. The Labute approximate surface area is 168 Å². The van der Waals surface area contributed by atoms with Crippen LogP contribution in [-0.2, 0) is 9.53 Å². The molecule has 0 aliphatic heterocycles. The molecule has 0 amide bonds. The molecule has 0 saturated heterocycles. The topological polar surface area (TPSA) is 46.5 Å². The Morgan fingerprint density at radius 1 is 1.19 bits per heavy atom. The van der Waals surface area contributed by atoms with Gasteiger partial charge in [0.25, 0.3) is 5.97 Å². The van der Waals surface area contributed by atoms with Crippen LogP contribution in [0.4, 0.5) is 0 Å². The summed E-state index contributed by atoms with van der Waals surface area (Å²) >= 11 is 12.2. The van der Waals surface area contributed by atoms with E-state index in [-0.39, 0.29) is 6.10 Å². The summed E-state index contributed by atoms with van der Waals surface area (Å²) < 4.78 is 5.54. The van der Waals surface area contributed by atoms with Crippen molar-refractivity contribution in [3.63, 3.8) is 0 Å². The molecule has 0 heterocycles. The number of hydrogen-bond donors (Lipinski definition) is 1. The van der Waals surface area contributed by atoms with Crippen molar-refractivity contribution < 1.29 is 14.6 Å². The molecule has 3 rings (SSSR count). The molecular weight excluding hydrogens is 383 g/mol. The average Bonchev–Trinajstić information content (AvgIpc) is 2.62. The quantitative estimate of drug-likeness (QED) is 0.619. The number of hydrogen-bond acceptors (Lipinski definition) is 2. The van der Waals surface area contributed by atoms with Gasteiger partial charge >= 0.3 is 0 Å². The van der Waals surface area contributed by atoms with Crippen molar-refractivity contribution in [3.8, 4) is 11.8 Å². The molecule has 5 heteroatoms. The Kier molecular flexibility index (Phi) is 7.27. The summed E-state index contributed by atoms with van der Waals surface area (Å²) in [6.07, 6.45) is 3.89. The second-order valence-corrected chi connectivity index (χ2v) is 6.52. The van der Waals surface area contributed by atoms with Gasteiger partial charge < -0.3 is 9.84 Å². The molecule has 0 saturated carbocycles. The zero-order valence-corrected chi connectivity index (χ0v) is 16.4. The summed E-state index contributed by atoms with van der Waals surface area (Å²) in [6, 6.07) is 11.5. The molecule has 0 fully saturated rings. The molecule has 1 unspecified atom stereocenters. The third-order valence-electron chi connectivity index (χ3n) is 3.71. The number of carbonyl (C=O) groups is 1. The van der Waals surface area contributed by atoms with Crippen molar-refractivity contribution in [2.24, 2.45) is 0 Å². The SMILES string of the molecule is C=C1C=Cc2ccc(C#Cc3cccc(Cl)c3Cl)cc2C1OC.CC(=O)O. The maximum Gasteiger partial charge on any atom is 0.300 e. The monoisotopic (exact) mass is 400 g/mol. The molecule has 0 aromatic heterocycles. The first-order valence-corrected chi connectivity index (χ1v) is 8.78. The van der Waals surface area contributed by atoms with E-state index in [9.17, 15) is 0 Å². The van der Waals surface area contributed by atoms with Crippen LogP contribution in [-0.4, -0.2) is 18.2 Å². The van der Waals surface area contributed by atoms with Gasteiger partial charge in [-0.2, -0.15) is 0 Å². The van der Waals surface area contributed by atoms with Crippen LogP contribution in [0.3, 0.4) is 0 Å². The molecule has 1 aliphatic rings. The van der Waals surface area contributed by atoms with E-state index in [1.807, 2.05) is 42.5 Å². The molecule has 1 atom stereocenters. The molecule has 0 bridgehead atoms. The van der Waals surface area contributed by atoms with Crippen LogP contribution in [0.2, 0.25) is 10.0 Å². The van der Waals surface area contributed by atoms with Crippen LogP contribution < -0.4 is 0 Å². The number of fused-ring (bicyclic) bond motifs is 1. The minimum atomic E-state index is -0.833. The number of ether oxygens (including phenoxy) is 1. The third kappa shape index (κ3) is 5.48. The minimum Gasteiger partial charge on any atom is -0.481 e. The van der Waals surface area contributed by atoms with Crippen molar-refractivity contribution in [3.05, 3.63) is 86.9 Å². The molecular formula is C22H18Cl2O3. The fourth-order valence-electron chi connectivity index (χ4n) is 2.53. The third-order valence-corrected chi connectivity index (χ3v) is 4.53. The first-order chi connectivity index (χ1) is 12.8. The van der Waals surface area contributed by atoms with Crippen molar-refractivity contribution in [2.45, 2.75) is 13.0 Å². The van der Waals surface area contributed by atoms with Gasteiger partial charge in [0.1, 0.15) is 6.10 Å². The number of aliphatic carboxylic acids is 1.